The van der Waals surface area contributed by atoms with E-state index >= 15 is 0 Å². The van der Waals surface area contributed by atoms with Crippen LogP contribution in [-0.4, -0.2) is 9.97 Å². The van der Waals surface area contributed by atoms with Gasteiger partial charge in [0.25, 0.3) is 0 Å². The first kappa shape index (κ1) is 13.7. The van der Waals surface area contributed by atoms with Crippen molar-refractivity contribution in [2.75, 3.05) is 0 Å². The van der Waals surface area contributed by atoms with Gasteiger partial charge in [0.2, 0.25) is 0 Å². The zero-order chi connectivity index (χ0) is 13.9. The topological polar surface area (TPSA) is 40.7 Å². The highest BCUT2D eigenvalue weighted by atomic mass is 19.1. The van der Waals surface area contributed by atoms with Crippen LogP contribution < -0.4 is 5.32 Å². The molecule has 1 unspecified atom stereocenters. The van der Waals surface area contributed by atoms with Crippen molar-refractivity contribution in [3.63, 3.8) is 0 Å². The van der Waals surface area contributed by atoms with E-state index in [1.165, 1.54) is 12.1 Å². The van der Waals surface area contributed by atoms with Crippen molar-refractivity contribution < 1.29 is 4.39 Å². The molecule has 0 aliphatic carbocycles. The van der Waals surface area contributed by atoms with Gasteiger partial charge < -0.3 is 10.3 Å². The number of H-pyrrole nitrogens is 1. The Bertz CT molecular complexity index is 497. The molecule has 102 valence electrons. The van der Waals surface area contributed by atoms with Crippen LogP contribution in [-0.2, 0) is 6.54 Å². The third kappa shape index (κ3) is 3.64. The Morgan fingerprint density at radius 2 is 1.95 bits per heavy atom. The summed E-state index contributed by atoms with van der Waals surface area (Å²) in [5, 5.41) is 3.50. The summed E-state index contributed by atoms with van der Waals surface area (Å²) in [5.41, 5.74) is 2.17. The van der Waals surface area contributed by atoms with Gasteiger partial charge in [-0.15, -0.1) is 0 Å². The Hall–Kier alpha value is -1.68. The van der Waals surface area contributed by atoms with Crippen LogP contribution in [0.5, 0.6) is 0 Å². The Balaban J connectivity index is 2.14. The summed E-state index contributed by atoms with van der Waals surface area (Å²) < 4.78 is 13.0. The number of nitrogens with one attached hydrogen (secondary N) is 2. The van der Waals surface area contributed by atoms with Crippen molar-refractivity contribution in [2.45, 2.75) is 33.4 Å². The maximum absolute atomic E-state index is 13.0. The molecule has 0 spiro atoms. The molecule has 2 rings (SSSR count). The number of aromatic nitrogens is 2. The highest BCUT2D eigenvalue weighted by Crippen LogP contribution is 2.32. The van der Waals surface area contributed by atoms with Crippen LogP contribution in [0.15, 0.2) is 36.8 Å². The van der Waals surface area contributed by atoms with Crippen molar-refractivity contribution in [1.29, 1.82) is 0 Å². The highest BCUT2D eigenvalue weighted by molar-refractivity contribution is 5.21. The lowest BCUT2D eigenvalue weighted by Gasteiger charge is -2.32. The number of rotatable bonds is 4. The van der Waals surface area contributed by atoms with E-state index in [1.807, 2.05) is 12.1 Å². The number of imidazole rings is 1. The molecule has 3 nitrogen and oxygen atoms in total. The molecule has 0 aliphatic heterocycles. The van der Waals surface area contributed by atoms with Crippen LogP contribution in [0.25, 0.3) is 0 Å². The van der Waals surface area contributed by atoms with Crippen LogP contribution in [0.3, 0.4) is 0 Å². The molecule has 0 fully saturated rings. The molecule has 1 aromatic carbocycles. The smallest absolute Gasteiger partial charge is 0.123 e. The first-order valence-corrected chi connectivity index (χ1v) is 6.43. The summed E-state index contributed by atoms with van der Waals surface area (Å²) in [6.07, 6.45) is 3.47. The summed E-state index contributed by atoms with van der Waals surface area (Å²) in [7, 11) is 0. The van der Waals surface area contributed by atoms with E-state index in [9.17, 15) is 4.39 Å². The second-order valence-electron chi connectivity index (χ2n) is 5.81. The van der Waals surface area contributed by atoms with Crippen molar-refractivity contribution in [3.8, 4) is 0 Å². The molecule has 1 aromatic heterocycles. The minimum atomic E-state index is -0.204. The summed E-state index contributed by atoms with van der Waals surface area (Å²) in [6.45, 7) is 7.21. The number of hydrogen-bond acceptors (Lipinski definition) is 2. The Kier molecular flexibility index (Phi) is 4.00. The monoisotopic (exact) mass is 261 g/mol. The third-order valence-electron chi connectivity index (χ3n) is 3.12. The van der Waals surface area contributed by atoms with Gasteiger partial charge in [0, 0.05) is 24.5 Å². The van der Waals surface area contributed by atoms with Crippen LogP contribution in [0.1, 0.15) is 38.1 Å². The summed E-state index contributed by atoms with van der Waals surface area (Å²) in [4.78, 5) is 7.07. The van der Waals surface area contributed by atoms with E-state index < -0.39 is 0 Å². The van der Waals surface area contributed by atoms with E-state index in [2.05, 4.69) is 36.1 Å². The molecule has 0 saturated carbocycles. The zero-order valence-corrected chi connectivity index (χ0v) is 11.6. The van der Waals surface area contributed by atoms with Crippen molar-refractivity contribution in [1.82, 2.24) is 15.3 Å². The first-order valence-electron chi connectivity index (χ1n) is 6.43. The molecule has 1 atom stereocenters. The molecule has 0 radical (unpaired) electrons. The lowest BCUT2D eigenvalue weighted by molar-refractivity contribution is 0.270. The molecule has 0 saturated heterocycles. The number of aromatic amines is 1. The van der Waals surface area contributed by atoms with E-state index in [0.29, 0.717) is 6.54 Å². The maximum atomic E-state index is 13.0. The molecule has 2 aromatic rings. The predicted molar refractivity (Wildman–Crippen MR) is 74.0 cm³/mol. The van der Waals surface area contributed by atoms with Crippen LogP contribution in [0.4, 0.5) is 4.39 Å². The molecule has 1 heterocycles. The van der Waals surface area contributed by atoms with Gasteiger partial charge in [0.15, 0.2) is 0 Å². The first-order chi connectivity index (χ1) is 8.97. The minimum Gasteiger partial charge on any atom is -0.347 e. The van der Waals surface area contributed by atoms with Gasteiger partial charge in [-0.3, -0.25) is 0 Å². The van der Waals surface area contributed by atoms with E-state index in [0.717, 1.165) is 11.3 Å². The molecular weight excluding hydrogens is 241 g/mol. The fourth-order valence-corrected chi connectivity index (χ4v) is 2.17. The Morgan fingerprint density at radius 1 is 1.26 bits per heavy atom. The van der Waals surface area contributed by atoms with Crippen molar-refractivity contribution in [2.24, 2.45) is 5.41 Å². The van der Waals surface area contributed by atoms with Gasteiger partial charge in [-0.05, 0) is 23.1 Å². The van der Waals surface area contributed by atoms with Gasteiger partial charge in [0.1, 0.15) is 5.82 Å². The molecule has 4 heteroatoms. The van der Waals surface area contributed by atoms with Crippen LogP contribution in [0.2, 0.25) is 0 Å². The van der Waals surface area contributed by atoms with Crippen molar-refractivity contribution >= 4 is 0 Å². The maximum Gasteiger partial charge on any atom is 0.123 e. The highest BCUT2D eigenvalue weighted by Gasteiger charge is 2.25. The second kappa shape index (κ2) is 5.53. The van der Waals surface area contributed by atoms with Gasteiger partial charge >= 0.3 is 0 Å². The lowest BCUT2D eigenvalue weighted by Crippen LogP contribution is -2.32. The predicted octanol–water partition coefficient (Wildman–Crippen LogP) is 3.43. The standard InChI is InChI=1S/C15H20FN3/c1-15(2,3)14(11-4-6-12(16)7-5-11)18-9-13-8-17-10-19-13/h4-8,10,14,18H,9H2,1-3H3,(H,17,19). The van der Waals surface area contributed by atoms with Crippen molar-refractivity contribution in [3.05, 3.63) is 53.9 Å². The fraction of sp³-hybridized carbons (Fsp3) is 0.400. The van der Waals surface area contributed by atoms with E-state index in [1.54, 1.807) is 12.5 Å². The summed E-state index contributed by atoms with van der Waals surface area (Å²) in [6, 6.07) is 6.84. The molecule has 0 aliphatic rings. The largest absolute Gasteiger partial charge is 0.347 e. The molecular formula is C15H20FN3. The molecule has 0 amide bonds. The number of halogens is 1. The lowest BCUT2D eigenvalue weighted by atomic mass is 9.82. The average Bonchev–Trinajstić information content (AvgIpc) is 2.83. The third-order valence-corrected chi connectivity index (χ3v) is 3.12. The fourth-order valence-electron chi connectivity index (χ4n) is 2.17. The number of nitrogens with zero attached hydrogens (tertiary/aromatic N) is 1. The number of hydrogen-bond donors (Lipinski definition) is 2. The van der Waals surface area contributed by atoms with Gasteiger partial charge in [-0.2, -0.15) is 0 Å². The quantitative estimate of drug-likeness (QED) is 0.885. The normalized spacial score (nSPS) is 13.5. The summed E-state index contributed by atoms with van der Waals surface area (Å²) >= 11 is 0. The van der Waals surface area contributed by atoms with E-state index in [4.69, 9.17) is 0 Å². The minimum absolute atomic E-state index is 0.0395. The molecule has 2 N–H and O–H groups in total. The Morgan fingerprint density at radius 3 is 2.47 bits per heavy atom. The number of benzene rings is 1. The average molecular weight is 261 g/mol. The summed E-state index contributed by atoms with van der Waals surface area (Å²) in [5.74, 6) is -0.204. The van der Waals surface area contributed by atoms with E-state index in [-0.39, 0.29) is 17.3 Å². The van der Waals surface area contributed by atoms with Gasteiger partial charge in [-0.1, -0.05) is 32.9 Å². The molecule has 0 bridgehead atoms. The zero-order valence-electron chi connectivity index (χ0n) is 11.6. The van der Waals surface area contributed by atoms with Gasteiger partial charge in [-0.25, -0.2) is 9.37 Å². The SMILES string of the molecule is CC(C)(C)C(NCc1cnc[nH]1)c1ccc(F)cc1. The van der Waals surface area contributed by atoms with Gasteiger partial charge in [0.05, 0.1) is 6.33 Å². The van der Waals surface area contributed by atoms with Crippen LogP contribution in [0, 0.1) is 11.2 Å². The Labute approximate surface area is 113 Å². The van der Waals surface area contributed by atoms with Crippen LogP contribution >= 0.6 is 0 Å². The second-order valence-corrected chi connectivity index (χ2v) is 5.81. The molecule has 19 heavy (non-hydrogen) atoms.